The van der Waals surface area contributed by atoms with Crippen LogP contribution in [0.25, 0.3) is 0 Å². The zero-order valence-electron chi connectivity index (χ0n) is 11.0. The molecule has 19 heavy (non-hydrogen) atoms. The van der Waals surface area contributed by atoms with E-state index in [-0.39, 0.29) is 6.29 Å². The average Bonchev–Trinajstić information content (AvgIpc) is 2.36. The van der Waals surface area contributed by atoms with Gasteiger partial charge in [-0.05, 0) is 26.0 Å². The lowest BCUT2D eigenvalue weighted by molar-refractivity contribution is -0.136. The van der Waals surface area contributed by atoms with Crippen molar-refractivity contribution in [1.82, 2.24) is 0 Å². The molecule has 0 aromatic heterocycles. The number of halogens is 2. The second-order valence-electron chi connectivity index (χ2n) is 3.73. The van der Waals surface area contributed by atoms with Crippen molar-refractivity contribution in [3.63, 3.8) is 0 Å². The van der Waals surface area contributed by atoms with E-state index in [1.807, 2.05) is 13.8 Å². The van der Waals surface area contributed by atoms with Gasteiger partial charge in [-0.15, -0.1) is 0 Å². The van der Waals surface area contributed by atoms with E-state index in [1.54, 1.807) is 18.2 Å². The molecule has 3 nitrogen and oxygen atoms in total. The average molecular weight is 325 g/mol. The van der Waals surface area contributed by atoms with Crippen LogP contribution in [0.3, 0.4) is 0 Å². The molecule has 6 heteroatoms. The van der Waals surface area contributed by atoms with Crippen molar-refractivity contribution in [3.05, 3.63) is 28.2 Å². The molecule has 1 atom stereocenters. The SMILES string of the molecule is CCOC(CCS(=O)c1c(Cl)cccc1Cl)OCC. The van der Waals surface area contributed by atoms with Gasteiger partial charge < -0.3 is 9.47 Å². The Balaban J connectivity index is 2.64. The van der Waals surface area contributed by atoms with Gasteiger partial charge in [-0.3, -0.25) is 4.21 Å². The van der Waals surface area contributed by atoms with Gasteiger partial charge in [0.25, 0.3) is 0 Å². The van der Waals surface area contributed by atoms with Gasteiger partial charge in [0.1, 0.15) is 0 Å². The molecule has 0 N–H and O–H groups in total. The Labute approximate surface area is 126 Å². The smallest absolute Gasteiger partial charge is 0.158 e. The summed E-state index contributed by atoms with van der Waals surface area (Å²) in [6.45, 7) is 4.91. The van der Waals surface area contributed by atoms with Crippen LogP contribution >= 0.6 is 23.2 Å². The molecule has 0 amide bonds. The van der Waals surface area contributed by atoms with Crippen LogP contribution < -0.4 is 0 Å². The predicted octanol–water partition coefficient (Wildman–Crippen LogP) is 3.89. The van der Waals surface area contributed by atoms with Gasteiger partial charge in [0.15, 0.2) is 6.29 Å². The first kappa shape index (κ1) is 16.9. The molecular formula is C13H18Cl2O3S. The van der Waals surface area contributed by atoms with Crippen LogP contribution in [0.5, 0.6) is 0 Å². The molecule has 0 radical (unpaired) electrons. The third kappa shape index (κ3) is 5.40. The van der Waals surface area contributed by atoms with E-state index in [9.17, 15) is 4.21 Å². The van der Waals surface area contributed by atoms with Gasteiger partial charge in [-0.1, -0.05) is 29.3 Å². The van der Waals surface area contributed by atoms with E-state index in [2.05, 4.69) is 0 Å². The lowest BCUT2D eigenvalue weighted by Crippen LogP contribution is -2.20. The fourth-order valence-electron chi connectivity index (χ4n) is 1.59. The van der Waals surface area contributed by atoms with Crippen LogP contribution in [0.1, 0.15) is 20.3 Å². The quantitative estimate of drug-likeness (QED) is 0.680. The van der Waals surface area contributed by atoms with Crippen LogP contribution in [0, 0.1) is 0 Å². The van der Waals surface area contributed by atoms with E-state index in [1.165, 1.54) is 0 Å². The van der Waals surface area contributed by atoms with Crippen molar-refractivity contribution in [1.29, 1.82) is 0 Å². The van der Waals surface area contributed by atoms with Crippen LogP contribution in [0.2, 0.25) is 10.0 Å². The second kappa shape index (κ2) is 8.93. The monoisotopic (exact) mass is 324 g/mol. The molecule has 0 aliphatic heterocycles. The Morgan fingerprint density at radius 3 is 2.16 bits per heavy atom. The summed E-state index contributed by atoms with van der Waals surface area (Å²) in [6.07, 6.45) is 0.204. The van der Waals surface area contributed by atoms with Gasteiger partial charge >= 0.3 is 0 Å². The summed E-state index contributed by atoms with van der Waals surface area (Å²) in [5, 5.41) is 0.852. The summed E-state index contributed by atoms with van der Waals surface area (Å²) in [6, 6.07) is 5.10. The highest BCUT2D eigenvalue weighted by Crippen LogP contribution is 2.28. The summed E-state index contributed by atoms with van der Waals surface area (Å²) in [5.41, 5.74) is 0. The zero-order chi connectivity index (χ0) is 14.3. The Bertz CT molecular complexity index is 400. The molecule has 0 spiro atoms. The second-order valence-corrected chi connectivity index (χ2v) is 6.05. The fourth-order valence-corrected chi connectivity index (χ4v) is 3.69. The normalized spacial score (nSPS) is 12.9. The van der Waals surface area contributed by atoms with Crippen LogP contribution in [0.4, 0.5) is 0 Å². The Morgan fingerprint density at radius 2 is 1.68 bits per heavy atom. The van der Waals surface area contributed by atoms with Gasteiger partial charge in [-0.2, -0.15) is 0 Å². The highest BCUT2D eigenvalue weighted by Gasteiger charge is 2.16. The van der Waals surface area contributed by atoms with Crippen molar-refractivity contribution in [2.45, 2.75) is 31.5 Å². The van der Waals surface area contributed by atoms with Gasteiger partial charge in [0.05, 0.1) is 25.7 Å². The molecule has 1 aromatic carbocycles. The van der Waals surface area contributed by atoms with Crippen LogP contribution in [-0.4, -0.2) is 29.5 Å². The largest absolute Gasteiger partial charge is 0.353 e. The van der Waals surface area contributed by atoms with E-state index in [0.717, 1.165) is 0 Å². The third-order valence-corrected chi connectivity index (χ3v) is 4.75. The molecule has 0 saturated carbocycles. The number of benzene rings is 1. The Morgan fingerprint density at radius 1 is 1.16 bits per heavy atom. The topological polar surface area (TPSA) is 35.5 Å². The molecule has 1 rings (SSSR count). The molecule has 0 fully saturated rings. The molecule has 0 heterocycles. The number of hydrogen-bond acceptors (Lipinski definition) is 3. The Hall–Kier alpha value is -0.130. The first-order valence-corrected chi connectivity index (χ1v) is 8.23. The minimum absolute atomic E-state index is 0.333. The van der Waals surface area contributed by atoms with Crippen LogP contribution in [-0.2, 0) is 20.3 Å². The van der Waals surface area contributed by atoms with E-state index in [0.29, 0.717) is 40.3 Å². The first-order valence-electron chi connectivity index (χ1n) is 6.15. The summed E-state index contributed by atoms with van der Waals surface area (Å²) < 4.78 is 23.0. The molecule has 1 unspecified atom stereocenters. The lowest BCUT2D eigenvalue weighted by Gasteiger charge is -2.16. The third-order valence-electron chi connectivity index (χ3n) is 2.39. The van der Waals surface area contributed by atoms with Crippen LogP contribution in [0.15, 0.2) is 23.1 Å². The Kier molecular flexibility index (Phi) is 7.95. The lowest BCUT2D eigenvalue weighted by atomic mass is 10.4. The molecule has 0 saturated heterocycles. The van der Waals surface area contributed by atoms with Gasteiger partial charge in [0, 0.05) is 25.4 Å². The van der Waals surface area contributed by atoms with Gasteiger partial charge in [-0.25, -0.2) is 0 Å². The highest BCUT2D eigenvalue weighted by atomic mass is 35.5. The van der Waals surface area contributed by atoms with E-state index < -0.39 is 10.8 Å². The maximum absolute atomic E-state index is 12.2. The van der Waals surface area contributed by atoms with E-state index in [4.69, 9.17) is 32.7 Å². The van der Waals surface area contributed by atoms with E-state index >= 15 is 0 Å². The van der Waals surface area contributed by atoms with Crippen molar-refractivity contribution < 1.29 is 13.7 Å². The minimum Gasteiger partial charge on any atom is -0.353 e. The first-order chi connectivity index (χ1) is 9.10. The summed E-state index contributed by atoms with van der Waals surface area (Å²) in [5.74, 6) is 0.397. The van der Waals surface area contributed by atoms with Crippen molar-refractivity contribution in [2.75, 3.05) is 19.0 Å². The molecule has 0 aliphatic carbocycles. The standard InChI is InChI=1S/C13H18Cl2O3S/c1-3-17-12(18-4-2)8-9-19(16)13-10(14)6-5-7-11(13)15/h5-7,12H,3-4,8-9H2,1-2H3. The fraction of sp³-hybridized carbons (Fsp3) is 0.538. The highest BCUT2D eigenvalue weighted by molar-refractivity contribution is 7.85. The van der Waals surface area contributed by atoms with Gasteiger partial charge in [0.2, 0.25) is 0 Å². The maximum Gasteiger partial charge on any atom is 0.158 e. The predicted molar refractivity (Wildman–Crippen MR) is 79.4 cm³/mol. The number of rotatable bonds is 8. The summed E-state index contributed by atoms with van der Waals surface area (Å²) in [7, 11) is -1.26. The summed E-state index contributed by atoms with van der Waals surface area (Å²) in [4.78, 5) is 0.484. The molecule has 108 valence electrons. The van der Waals surface area contributed by atoms with Crippen molar-refractivity contribution in [3.8, 4) is 0 Å². The molecule has 0 aliphatic rings. The zero-order valence-corrected chi connectivity index (χ0v) is 13.4. The summed E-state index contributed by atoms with van der Waals surface area (Å²) >= 11 is 12.0. The molecular weight excluding hydrogens is 307 g/mol. The minimum atomic E-state index is -1.26. The maximum atomic E-state index is 12.2. The number of ether oxygens (including phenoxy) is 2. The molecule has 1 aromatic rings. The molecule has 0 bridgehead atoms. The number of hydrogen-bond donors (Lipinski definition) is 0. The van der Waals surface area contributed by atoms with Crippen molar-refractivity contribution >= 4 is 34.0 Å². The van der Waals surface area contributed by atoms with Crippen molar-refractivity contribution in [2.24, 2.45) is 0 Å².